The monoisotopic (exact) mass is 553 g/mol. The van der Waals surface area contributed by atoms with E-state index in [4.69, 9.17) is 5.11 Å². The van der Waals surface area contributed by atoms with E-state index in [1.54, 1.807) is 18.6 Å². The van der Waals surface area contributed by atoms with Gasteiger partial charge in [-0.2, -0.15) is 0 Å². The molecule has 0 fully saturated rings. The molecule has 0 bridgehead atoms. The SMILES string of the molecule is O=C(O)NCCc1ccc(NC(=O)CN(CCN(Cc2ccccn2)Cc2ccccn2)Cc2ccccn2)cc1. The molecule has 10 heteroatoms. The van der Waals surface area contributed by atoms with Gasteiger partial charge in [-0.3, -0.25) is 29.5 Å². The summed E-state index contributed by atoms with van der Waals surface area (Å²) in [6.45, 7) is 3.73. The van der Waals surface area contributed by atoms with E-state index in [0.29, 0.717) is 51.4 Å². The van der Waals surface area contributed by atoms with Crippen LogP contribution >= 0.6 is 0 Å². The van der Waals surface area contributed by atoms with E-state index in [2.05, 4.69) is 35.4 Å². The van der Waals surface area contributed by atoms with Crippen molar-refractivity contribution >= 4 is 17.7 Å². The van der Waals surface area contributed by atoms with Gasteiger partial charge in [0.25, 0.3) is 0 Å². The Morgan fingerprint density at radius 2 is 1.20 bits per heavy atom. The molecule has 0 aliphatic rings. The Morgan fingerprint density at radius 1 is 0.683 bits per heavy atom. The molecule has 0 saturated heterocycles. The van der Waals surface area contributed by atoms with E-state index >= 15 is 0 Å². The van der Waals surface area contributed by atoms with Gasteiger partial charge in [0.15, 0.2) is 0 Å². The number of rotatable bonds is 15. The summed E-state index contributed by atoms with van der Waals surface area (Å²) in [5.74, 6) is -0.123. The normalized spacial score (nSPS) is 11.0. The van der Waals surface area contributed by atoms with E-state index < -0.39 is 6.09 Å². The number of nitrogens with zero attached hydrogens (tertiary/aromatic N) is 5. The Morgan fingerprint density at radius 3 is 1.68 bits per heavy atom. The maximum absolute atomic E-state index is 13.1. The lowest BCUT2D eigenvalue weighted by atomic mass is 10.1. The standard InChI is InChI=1S/C31H35N7O3/c39-30(36-26-12-10-25(11-13-26)14-18-35-31(40)41)24-38(23-29-9-3-6-17-34-29)20-19-37(21-27-7-1-4-15-32-27)22-28-8-2-5-16-33-28/h1-13,15-17,35H,14,18-24H2,(H,36,39)(H,40,41). The van der Waals surface area contributed by atoms with Crippen LogP contribution in [0.4, 0.5) is 10.5 Å². The number of carbonyl (C=O) groups is 2. The molecular weight excluding hydrogens is 518 g/mol. The number of nitrogens with one attached hydrogen (secondary N) is 2. The molecule has 41 heavy (non-hydrogen) atoms. The van der Waals surface area contributed by atoms with Crippen molar-refractivity contribution in [3.8, 4) is 0 Å². The van der Waals surface area contributed by atoms with Gasteiger partial charge in [-0.25, -0.2) is 4.79 Å². The Kier molecular flexibility index (Phi) is 11.3. The molecule has 1 aromatic carbocycles. The van der Waals surface area contributed by atoms with Crippen LogP contribution in [0.1, 0.15) is 22.6 Å². The lowest BCUT2D eigenvalue weighted by Crippen LogP contribution is -2.39. The van der Waals surface area contributed by atoms with Gasteiger partial charge < -0.3 is 15.7 Å². The number of aromatic nitrogens is 3. The molecule has 4 aromatic rings. The van der Waals surface area contributed by atoms with Gasteiger partial charge in [0.2, 0.25) is 5.91 Å². The van der Waals surface area contributed by atoms with E-state index in [1.807, 2.05) is 78.9 Å². The molecule has 0 spiro atoms. The number of hydrogen-bond acceptors (Lipinski definition) is 7. The maximum atomic E-state index is 13.1. The highest BCUT2D eigenvalue weighted by Crippen LogP contribution is 2.12. The van der Waals surface area contributed by atoms with Crippen molar-refractivity contribution in [2.75, 3.05) is 31.5 Å². The third-order valence-corrected chi connectivity index (χ3v) is 6.36. The van der Waals surface area contributed by atoms with Gasteiger partial charge in [-0.1, -0.05) is 30.3 Å². The summed E-state index contributed by atoms with van der Waals surface area (Å²) >= 11 is 0. The van der Waals surface area contributed by atoms with E-state index in [0.717, 1.165) is 22.6 Å². The van der Waals surface area contributed by atoms with Crippen LogP contribution in [0.15, 0.2) is 97.5 Å². The molecule has 0 aliphatic heterocycles. The zero-order valence-corrected chi connectivity index (χ0v) is 22.9. The van der Waals surface area contributed by atoms with Crippen molar-refractivity contribution in [1.82, 2.24) is 30.1 Å². The van der Waals surface area contributed by atoms with Gasteiger partial charge in [-0.05, 0) is 60.5 Å². The number of carbonyl (C=O) groups excluding carboxylic acids is 1. The number of carboxylic acid groups (broad SMARTS) is 1. The lowest BCUT2D eigenvalue weighted by molar-refractivity contribution is -0.117. The molecule has 3 aromatic heterocycles. The zero-order chi connectivity index (χ0) is 28.7. The summed E-state index contributed by atoms with van der Waals surface area (Å²) in [5, 5.41) is 14.1. The molecule has 3 N–H and O–H groups in total. The summed E-state index contributed by atoms with van der Waals surface area (Å²) in [5.41, 5.74) is 4.50. The largest absolute Gasteiger partial charge is 0.465 e. The third kappa shape index (κ3) is 10.8. The molecule has 10 nitrogen and oxygen atoms in total. The Bertz CT molecular complexity index is 1300. The van der Waals surface area contributed by atoms with Crippen molar-refractivity contribution in [1.29, 1.82) is 0 Å². The highest BCUT2D eigenvalue weighted by Gasteiger charge is 2.16. The summed E-state index contributed by atoms with van der Waals surface area (Å²) in [6.07, 6.45) is 4.89. The molecule has 0 atom stereocenters. The van der Waals surface area contributed by atoms with E-state index in [9.17, 15) is 9.59 Å². The first-order chi connectivity index (χ1) is 20.0. The summed E-state index contributed by atoms with van der Waals surface area (Å²) in [7, 11) is 0. The van der Waals surface area contributed by atoms with Crippen LogP contribution in [-0.2, 0) is 30.8 Å². The fourth-order valence-corrected chi connectivity index (χ4v) is 4.35. The highest BCUT2D eigenvalue weighted by molar-refractivity contribution is 5.92. The van der Waals surface area contributed by atoms with Gasteiger partial charge >= 0.3 is 6.09 Å². The smallest absolute Gasteiger partial charge is 0.404 e. The van der Waals surface area contributed by atoms with Crippen molar-refractivity contribution in [2.24, 2.45) is 0 Å². The lowest BCUT2D eigenvalue weighted by Gasteiger charge is -2.27. The Labute approximate surface area is 240 Å². The van der Waals surface area contributed by atoms with Crippen LogP contribution in [0.5, 0.6) is 0 Å². The molecule has 0 saturated carbocycles. The highest BCUT2D eigenvalue weighted by atomic mass is 16.4. The predicted molar refractivity (Wildman–Crippen MR) is 157 cm³/mol. The van der Waals surface area contributed by atoms with Crippen molar-refractivity contribution in [3.63, 3.8) is 0 Å². The second-order valence-corrected chi connectivity index (χ2v) is 9.61. The fraction of sp³-hybridized carbons (Fsp3) is 0.258. The average molecular weight is 554 g/mol. The first-order valence-electron chi connectivity index (χ1n) is 13.5. The zero-order valence-electron chi connectivity index (χ0n) is 22.9. The maximum Gasteiger partial charge on any atom is 0.404 e. The number of anilines is 1. The summed E-state index contributed by atoms with van der Waals surface area (Å²) in [6, 6.07) is 25.0. The minimum absolute atomic E-state index is 0.123. The number of benzene rings is 1. The van der Waals surface area contributed by atoms with Gasteiger partial charge in [0.05, 0.1) is 23.6 Å². The molecule has 0 unspecified atom stereocenters. The average Bonchev–Trinajstić information content (AvgIpc) is 2.98. The number of pyridine rings is 3. The van der Waals surface area contributed by atoms with Crippen LogP contribution < -0.4 is 10.6 Å². The summed E-state index contributed by atoms with van der Waals surface area (Å²) < 4.78 is 0. The number of hydrogen-bond donors (Lipinski definition) is 3. The van der Waals surface area contributed by atoms with Crippen molar-refractivity contribution in [2.45, 2.75) is 26.1 Å². The first kappa shape index (κ1) is 29.3. The molecule has 0 aliphatic carbocycles. The van der Waals surface area contributed by atoms with Crippen LogP contribution in [0.25, 0.3) is 0 Å². The van der Waals surface area contributed by atoms with Crippen LogP contribution in [0, 0.1) is 0 Å². The fourth-order valence-electron chi connectivity index (χ4n) is 4.35. The Hall–Kier alpha value is -4.67. The van der Waals surface area contributed by atoms with Crippen LogP contribution in [-0.4, -0.2) is 68.0 Å². The summed E-state index contributed by atoms with van der Waals surface area (Å²) in [4.78, 5) is 41.6. The first-order valence-corrected chi connectivity index (χ1v) is 13.5. The molecule has 3 heterocycles. The minimum atomic E-state index is -1.04. The van der Waals surface area contributed by atoms with Gasteiger partial charge in [0.1, 0.15) is 0 Å². The molecule has 4 rings (SSSR count). The molecule has 0 radical (unpaired) electrons. The van der Waals surface area contributed by atoms with Crippen LogP contribution in [0.2, 0.25) is 0 Å². The molecule has 212 valence electrons. The van der Waals surface area contributed by atoms with Gasteiger partial charge in [0, 0.05) is 63.5 Å². The molecular formula is C31H35N7O3. The molecule has 2 amide bonds. The topological polar surface area (TPSA) is 124 Å². The Balaban J connectivity index is 1.39. The third-order valence-electron chi connectivity index (χ3n) is 6.36. The van der Waals surface area contributed by atoms with E-state index in [1.165, 1.54) is 0 Å². The van der Waals surface area contributed by atoms with Crippen LogP contribution in [0.3, 0.4) is 0 Å². The second kappa shape index (κ2) is 15.8. The van der Waals surface area contributed by atoms with Crippen molar-refractivity contribution < 1.29 is 14.7 Å². The number of amides is 2. The predicted octanol–water partition coefficient (Wildman–Crippen LogP) is 3.82. The second-order valence-electron chi connectivity index (χ2n) is 9.61. The van der Waals surface area contributed by atoms with E-state index in [-0.39, 0.29) is 12.5 Å². The van der Waals surface area contributed by atoms with Gasteiger partial charge in [-0.15, -0.1) is 0 Å². The quantitative estimate of drug-likeness (QED) is 0.203. The minimum Gasteiger partial charge on any atom is -0.465 e. The van der Waals surface area contributed by atoms with Crippen molar-refractivity contribution in [3.05, 3.63) is 120 Å².